The molecule has 25 heavy (non-hydrogen) atoms. The Labute approximate surface area is 150 Å². The van der Waals surface area contributed by atoms with Gasteiger partial charge < -0.3 is 9.72 Å². The van der Waals surface area contributed by atoms with Gasteiger partial charge in [-0.05, 0) is 49.5 Å². The van der Waals surface area contributed by atoms with Crippen LogP contribution in [0.5, 0.6) is 5.88 Å². The van der Waals surface area contributed by atoms with Crippen LogP contribution in [0.2, 0.25) is 0 Å². The number of rotatable bonds is 3. The molecule has 134 valence electrons. The Morgan fingerprint density at radius 3 is 2.52 bits per heavy atom. The van der Waals surface area contributed by atoms with Crippen molar-refractivity contribution in [3.8, 4) is 5.88 Å². The first-order valence-electron chi connectivity index (χ1n) is 8.99. The summed E-state index contributed by atoms with van der Waals surface area (Å²) in [5.41, 5.74) is 5.31. The Balaban J connectivity index is 0.00000109. The van der Waals surface area contributed by atoms with Crippen LogP contribution < -0.4 is 15.4 Å². The minimum absolute atomic E-state index is 0.367. The zero-order valence-corrected chi connectivity index (χ0v) is 16.4. The van der Waals surface area contributed by atoms with Gasteiger partial charge in [-0.25, -0.2) is 9.98 Å². The first-order chi connectivity index (χ1) is 12.0. The Kier molecular flexibility index (Phi) is 6.18. The third-order valence-electron chi connectivity index (χ3n) is 4.23. The van der Waals surface area contributed by atoms with Crippen molar-refractivity contribution in [2.24, 2.45) is 4.99 Å². The van der Waals surface area contributed by atoms with E-state index in [1.54, 1.807) is 7.11 Å². The molecule has 0 radical (unpaired) electrons. The molecule has 0 amide bonds. The van der Waals surface area contributed by atoms with Crippen molar-refractivity contribution in [1.29, 1.82) is 0 Å². The summed E-state index contributed by atoms with van der Waals surface area (Å²) in [5, 5.41) is 2.09. The maximum atomic E-state index is 5.55. The van der Waals surface area contributed by atoms with Crippen molar-refractivity contribution >= 4 is 11.8 Å². The van der Waals surface area contributed by atoms with Gasteiger partial charge in [-0.3, -0.25) is 0 Å². The summed E-state index contributed by atoms with van der Waals surface area (Å²) in [6.45, 7) is 12.5. The van der Waals surface area contributed by atoms with E-state index in [0.29, 0.717) is 11.8 Å². The number of aryl methyl sites for hydroxylation is 1. The van der Waals surface area contributed by atoms with E-state index < -0.39 is 0 Å². The van der Waals surface area contributed by atoms with E-state index in [2.05, 4.69) is 55.9 Å². The molecular formula is C21H29N3O. The molecule has 0 aliphatic carbocycles. The van der Waals surface area contributed by atoms with Crippen LogP contribution in [-0.2, 0) is 0 Å². The number of hydrogen-bond acceptors (Lipinski definition) is 3. The first-order valence-corrected chi connectivity index (χ1v) is 8.99. The quantitative estimate of drug-likeness (QED) is 0.915. The van der Waals surface area contributed by atoms with Crippen LogP contribution in [0.25, 0.3) is 11.8 Å². The third-order valence-corrected chi connectivity index (χ3v) is 4.23. The van der Waals surface area contributed by atoms with E-state index in [0.717, 1.165) is 39.6 Å². The van der Waals surface area contributed by atoms with E-state index in [1.807, 2.05) is 20.0 Å². The summed E-state index contributed by atoms with van der Waals surface area (Å²) in [6.07, 6.45) is 5.05. The van der Waals surface area contributed by atoms with Gasteiger partial charge in [0.15, 0.2) is 0 Å². The second kappa shape index (κ2) is 8.15. The third kappa shape index (κ3) is 3.84. The van der Waals surface area contributed by atoms with Crippen LogP contribution >= 0.6 is 0 Å². The number of pyridine rings is 1. The summed E-state index contributed by atoms with van der Waals surface area (Å²) >= 11 is 0. The number of nitrogens with one attached hydrogen (secondary N) is 1. The van der Waals surface area contributed by atoms with Gasteiger partial charge in [0.25, 0.3) is 0 Å². The molecule has 0 fully saturated rings. The number of ether oxygens (including phenoxy) is 1. The fourth-order valence-corrected chi connectivity index (χ4v) is 2.80. The van der Waals surface area contributed by atoms with E-state index in [9.17, 15) is 0 Å². The highest BCUT2D eigenvalue weighted by atomic mass is 16.5. The van der Waals surface area contributed by atoms with Gasteiger partial charge in [0.1, 0.15) is 0 Å². The maximum Gasteiger partial charge on any atom is 0.222 e. The summed E-state index contributed by atoms with van der Waals surface area (Å²) in [4.78, 5) is 12.9. The number of fused-ring (bicyclic) bond motifs is 1. The molecule has 1 aliphatic rings. The van der Waals surface area contributed by atoms with Crippen LogP contribution in [0, 0.1) is 6.92 Å². The van der Waals surface area contributed by atoms with Gasteiger partial charge in [0.2, 0.25) is 5.88 Å². The van der Waals surface area contributed by atoms with Crippen molar-refractivity contribution in [2.45, 2.75) is 53.9 Å². The molecule has 0 atom stereocenters. The summed E-state index contributed by atoms with van der Waals surface area (Å²) in [7, 11) is 1.67. The second-order valence-electron chi connectivity index (χ2n) is 6.33. The van der Waals surface area contributed by atoms with Gasteiger partial charge in [0.05, 0.1) is 29.1 Å². The number of aromatic amines is 1. The zero-order chi connectivity index (χ0) is 18.6. The second-order valence-corrected chi connectivity index (χ2v) is 6.33. The number of H-pyrrole nitrogens is 1. The van der Waals surface area contributed by atoms with Crippen molar-refractivity contribution in [1.82, 2.24) is 9.97 Å². The maximum absolute atomic E-state index is 5.55. The number of nitrogens with zero attached hydrogens (tertiary/aromatic N) is 2. The zero-order valence-electron chi connectivity index (χ0n) is 16.4. The van der Waals surface area contributed by atoms with Gasteiger partial charge in [-0.15, -0.1) is 0 Å². The highest BCUT2D eigenvalue weighted by Crippen LogP contribution is 2.30. The Morgan fingerprint density at radius 1 is 1.16 bits per heavy atom. The fourth-order valence-electron chi connectivity index (χ4n) is 2.80. The van der Waals surface area contributed by atoms with Crippen molar-refractivity contribution in [3.63, 3.8) is 0 Å². The molecule has 0 spiro atoms. The smallest absolute Gasteiger partial charge is 0.222 e. The molecule has 4 nitrogen and oxygen atoms in total. The van der Waals surface area contributed by atoms with Gasteiger partial charge in [-0.2, -0.15) is 0 Å². The molecule has 0 saturated carbocycles. The van der Waals surface area contributed by atoms with Gasteiger partial charge >= 0.3 is 0 Å². The highest BCUT2D eigenvalue weighted by molar-refractivity contribution is 5.72. The summed E-state index contributed by atoms with van der Waals surface area (Å²) < 4.78 is 5.55. The molecular weight excluding hydrogens is 310 g/mol. The predicted molar refractivity (Wildman–Crippen MR) is 104 cm³/mol. The van der Waals surface area contributed by atoms with Crippen LogP contribution in [0.15, 0.2) is 28.9 Å². The molecule has 0 unspecified atom stereocenters. The lowest BCUT2D eigenvalue weighted by Crippen LogP contribution is -2.23. The molecule has 0 saturated heterocycles. The van der Waals surface area contributed by atoms with Crippen LogP contribution in [-0.4, -0.2) is 17.1 Å². The van der Waals surface area contributed by atoms with Crippen LogP contribution in [0.3, 0.4) is 0 Å². The minimum Gasteiger partial charge on any atom is -0.480 e. The standard InChI is InChI=1S/C19H23N3O.C2H6/c1-11(2)15-9-7-14(19(21-15)23-5)17-12(3)6-8-16-18(22-17)13(4)10-20-16;1-2/h7-11,20H,6H2,1-5H3;1-2H3. The largest absolute Gasteiger partial charge is 0.480 e. The van der Waals surface area contributed by atoms with Gasteiger partial charge in [-0.1, -0.05) is 33.8 Å². The van der Waals surface area contributed by atoms with Crippen molar-refractivity contribution < 1.29 is 4.74 Å². The molecule has 0 bridgehead atoms. The van der Waals surface area contributed by atoms with Crippen LogP contribution in [0.1, 0.15) is 63.8 Å². The lowest BCUT2D eigenvalue weighted by Gasteiger charge is -2.13. The molecule has 3 rings (SSSR count). The minimum atomic E-state index is 0.367. The fraction of sp³-hybridized carbons (Fsp3) is 0.429. The Hall–Kier alpha value is -2.36. The number of allylic oxidation sites excluding steroid dienone is 1. The molecule has 4 heteroatoms. The molecule has 3 heterocycles. The predicted octanol–water partition coefficient (Wildman–Crippen LogP) is 4.11. The van der Waals surface area contributed by atoms with E-state index in [-0.39, 0.29) is 0 Å². The van der Waals surface area contributed by atoms with E-state index in [4.69, 9.17) is 9.73 Å². The normalized spacial score (nSPS) is 13.3. The summed E-state index contributed by atoms with van der Waals surface area (Å²) in [5.74, 6) is 1.01. The molecule has 0 aromatic carbocycles. The van der Waals surface area contributed by atoms with Crippen LogP contribution in [0.4, 0.5) is 0 Å². The average molecular weight is 339 g/mol. The lowest BCUT2D eigenvalue weighted by atomic mass is 10.0. The average Bonchev–Trinajstić information content (AvgIpc) is 2.88. The molecule has 1 aliphatic heterocycles. The number of methoxy groups -OCH3 is 1. The number of aromatic nitrogens is 2. The SMILES string of the molecule is CC.COc1nc(C(C)C)ccc1C1=C(C)CC=c2[nH]cc(C)c2=N1. The summed E-state index contributed by atoms with van der Waals surface area (Å²) in [6, 6.07) is 4.15. The highest BCUT2D eigenvalue weighted by Gasteiger charge is 2.16. The first kappa shape index (κ1) is 19.0. The van der Waals surface area contributed by atoms with Crippen molar-refractivity contribution in [2.75, 3.05) is 7.11 Å². The van der Waals surface area contributed by atoms with E-state index in [1.165, 1.54) is 5.57 Å². The van der Waals surface area contributed by atoms with E-state index >= 15 is 0 Å². The Bertz CT molecular complexity index is 888. The molecule has 1 N–H and O–H groups in total. The Morgan fingerprint density at radius 2 is 1.88 bits per heavy atom. The lowest BCUT2D eigenvalue weighted by molar-refractivity contribution is 0.394. The van der Waals surface area contributed by atoms with Crippen molar-refractivity contribution in [3.05, 3.63) is 51.4 Å². The monoisotopic (exact) mass is 339 g/mol. The van der Waals surface area contributed by atoms with Gasteiger partial charge in [0, 0.05) is 11.9 Å². The molecule has 2 aromatic heterocycles. The number of hydrogen-bond donors (Lipinski definition) is 1. The topological polar surface area (TPSA) is 50.3 Å². The molecule has 2 aromatic rings.